The monoisotopic (exact) mass is 360 g/mol. The lowest BCUT2D eigenvalue weighted by Gasteiger charge is -2.31. The summed E-state index contributed by atoms with van der Waals surface area (Å²) < 4.78 is 46.4. The number of ether oxygens (including phenoxy) is 1. The second-order valence-electron chi connectivity index (χ2n) is 6.45. The molecule has 2 nitrogen and oxygen atoms in total. The van der Waals surface area contributed by atoms with Gasteiger partial charge in [-0.1, -0.05) is 42.5 Å². The van der Waals surface area contributed by atoms with Gasteiger partial charge < -0.3 is 9.84 Å². The van der Waals surface area contributed by atoms with Gasteiger partial charge in [0.1, 0.15) is 12.4 Å². The van der Waals surface area contributed by atoms with Crippen LogP contribution in [-0.2, 0) is 5.60 Å². The molecule has 5 heteroatoms. The lowest BCUT2D eigenvalue weighted by Crippen LogP contribution is -2.47. The van der Waals surface area contributed by atoms with Gasteiger partial charge in [0.05, 0.1) is 0 Å². The van der Waals surface area contributed by atoms with Crippen molar-refractivity contribution in [1.29, 1.82) is 0 Å². The van der Waals surface area contributed by atoms with Crippen LogP contribution in [0, 0.1) is 13.8 Å². The zero-order valence-electron chi connectivity index (χ0n) is 14.5. The summed E-state index contributed by atoms with van der Waals surface area (Å²) in [6, 6.07) is 16.3. The van der Waals surface area contributed by atoms with Gasteiger partial charge in [-0.3, -0.25) is 0 Å². The Hall–Kier alpha value is -2.53. The average molecular weight is 360 g/mol. The molecule has 0 fully saturated rings. The van der Waals surface area contributed by atoms with Gasteiger partial charge in [-0.05, 0) is 59.5 Å². The van der Waals surface area contributed by atoms with Crippen molar-refractivity contribution in [3.63, 3.8) is 0 Å². The third kappa shape index (κ3) is 3.40. The number of fused-ring (bicyclic) bond motifs is 1. The maximum Gasteiger partial charge on any atom is 0.424 e. The molecule has 0 amide bonds. The average Bonchev–Trinajstić information content (AvgIpc) is 2.61. The highest BCUT2D eigenvalue weighted by molar-refractivity contribution is 5.83. The Balaban J connectivity index is 1.96. The molecule has 3 rings (SSSR count). The van der Waals surface area contributed by atoms with Crippen LogP contribution in [0.15, 0.2) is 60.7 Å². The summed E-state index contributed by atoms with van der Waals surface area (Å²) >= 11 is 0. The predicted octanol–water partition coefficient (Wildman–Crippen LogP) is 5.29. The molecule has 0 saturated heterocycles. The minimum Gasteiger partial charge on any atom is -0.490 e. The number of rotatable bonds is 4. The van der Waals surface area contributed by atoms with Gasteiger partial charge >= 0.3 is 6.18 Å². The predicted molar refractivity (Wildman–Crippen MR) is 95.3 cm³/mol. The van der Waals surface area contributed by atoms with E-state index in [1.807, 2.05) is 13.8 Å². The van der Waals surface area contributed by atoms with E-state index < -0.39 is 18.4 Å². The van der Waals surface area contributed by atoms with Crippen molar-refractivity contribution in [3.05, 3.63) is 77.4 Å². The van der Waals surface area contributed by atoms with E-state index in [9.17, 15) is 18.3 Å². The number of aryl methyl sites for hydroxylation is 2. The topological polar surface area (TPSA) is 29.5 Å². The first-order chi connectivity index (χ1) is 12.2. The lowest BCUT2D eigenvalue weighted by molar-refractivity contribution is -0.275. The maximum atomic E-state index is 13.7. The summed E-state index contributed by atoms with van der Waals surface area (Å²) in [6.45, 7) is 2.83. The van der Waals surface area contributed by atoms with Gasteiger partial charge in [-0.15, -0.1) is 0 Å². The Labute approximate surface area is 149 Å². The highest BCUT2D eigenvalue weighted by Crippen LogP contribution is 2.40. The standard InChI is InChI=1S/C21H19F3O2/c1-14-7-10-19(11-15(14)2)26-13-20(25,21(22,23)24)18-9-8-16-5-3-4-6-17(16)12-18/h3-12,25H,13H2,1-2H3. The number of hydrogen-bond donors (Lipinski definition) is 1. The second-order valence-corrected chi connectivity index (χ2v) is 6.45. The Morgan fingerprint density at radius 1 is 0.846 bits per heavy atom. The van der Waals surface area contributed by atoms with Crippen molar-refractivity contribution < 1.29 is 23.0 Å². The highest BCUT2D eigenvalue weighted by Gasteiger charge is 2.56. The highest BCUT2D eigenvalue weighted by atomic mass is 19.4. The first-order valence-corrected chi connectivity index (χ1v) is 8.19. The summed E-state index contributed by atoms with van der Waals surface area (Å²) in [5.41, 5.74) is -1.43. The number of benzene rings is 3. The molecule has 0 aliphatic heterocycles. The molecule has 3 aromatic rings. The van der Waals surface area contributed by atoms with E-state index in [1.165, 1.54) is 12.1 Å². The van der Waals surface area contributed by atoms with E-state index in [-0.39, 0.29) is 11.3 Å². The summed E-state index contributed by atoms with van der Waals surface area (Å²) in [6.07, 6.45) is -4.88. The van der Waals surface area contributed by atoms with Crippen LogP contribution in [-0.4, -0.2) is 17.9 Å². The Bertz CT molecular complexity index is 934. The minimum atomic E-state index is -4.88. The summed E-state index contributed by atoms with van der Waals surface area (Å²) in [5.74, 6) is 0.288. The van der Waals surface area contributed by atoms with E-state index in [1.54, 1.807) is 48.5 Å². The van der Waals surface area contributed by atoms with Gasteiger partial charge in [0.25, 0.3) is 0 Å². The van der Waals surface area contributed by atoms with Gasteiger partial charge in [-0.25, -0.2) is 0 Å². The third-order valence-corrected chi connectivity index (χ3v) is 4.62. The Kier molecular flexibility index (Phi) is 4.67. The molecule has 0 heterocycles. The molecule has 3 aromatic carbocycles. The van der Waals surface area contributed by atoms with Gasteiger partial charge in [0.2, 0.25) is 5.60 Å². The lowest BCUT2D eigenvalue weighted by atomic mass is 9.92. The zero-order valence-corrected chi connectivity index (χ0v) is 14.5. The molecule has 1 unspecified atom stereocenters. The van der Waals surface area contributed by atoms with E-state index in [4.69, 9.17) is 4.74 Å². The van der Waals surface area contributed by atoms with Crippen LogP contribution in [0.2, 0.25) is 0 Å². The van der Waals surface area contributed by atoms with Gasteiger partial charge in [-0.2, -0.15) is 13.2 Å². The molecule has 136 valence electrons. The van der Waals surface area contributed by atoms with Crippen LogP contribution in [0.3, 0.4) is 0 Å². The number of aliphatic hydroxyl groups is 1. The zero-order chi connectivity index (χ0) is 18.9. The van der Waals surface area contributed by atoms with Crippen molar-refractivity contribution in [2.45, 2.75) is 25.6 Å². The van der Waals surface area contributed by atoms with E-state index >= 15 is 0 Å². The molecule has 0 aliphatic rings. The summed E-state index contributed by atoms with van der Waals surface area (Å²) in [7, 11) is 0. The van der Waals surface area contributed by atoms with Crippen molar-refractivity contribution in [1.82, 2.24) is 0 Å². The fraction of sp³-hybridized carbons (Fsp3) is 0.238. The maximum absolute atomic E-state index is 13.7. The second kappa shape index (κ2) is 6.65. The number of hydrogen-bond acceptors (Lipinski definition) is 2. The van der Waals surface area contributed by atoms with E-state index in [0.29, 0.717) is 5.39 Å². The fourth-order valence-electron chi connectivity index (χ4n) is 2.77. The largest absolute Gasteiger partial charge is 0.490 e. The number of alkyl halides is 3. The van der Waals surface area contributed by atoms with Crippen LogP contribution in [0.25, 0.3) is 10.8 Å². The molecule has 0 aliphatic carbocycles. The fourth-order valence-corrected chi connectivity index (χ4v) is 2.77. The van der Waals surface area contributed by atoms with Crippen LogP contribution < -0.4 is 4.74 Å². The molecular weight excluding hydrogens is 341 g/mol. The molecule has 0 bridgehead atoms. The third-order valence-electron chi connectivity index (χ3n) is 4.62. The SMILES string of the molecule is Cc1ccc(OCC(O)(c2ccc3ccccc3c2)C(F)(F)F)cc1C. The quantitative estimate of drug-likeness (QED) is 0.685. The van der Waals surface area contributed by atoms with E-state index in [0.717, 1.165) is 16.5 Å². The molecule has 1 N–H and O–H groups in total. The van der Waals surface area contributed by atoms with Crippen LogP contribution in [0.4, 0.5) is 13.2 Å². The molecule has 0 saturated carbocycles. The minimum absolute atomic E-state index is 0.243. The Morgan fingerprint density at radius 3 is 2.19 bits per heavy atom. The molecule has 0 radical (unpaired) electrons. The number of halogens is 3. The van der Waals surface area contributed by atoms with Crippen LogP contribution >= 0.6 is 0 Å². The first kappa shape index (κ1) is 18.3. The van der Waals surface area contributed by atoms with Crippen molar-refractivity contribution in [3.8, 4) is 5.75 Å². The van der Waals surface area contributed by atoms with Crippen molar-refractivity contribution in [2.24, 2.45) is 0 Å². The van der Waals surface area contributed by atoms with Crippen molar-refractivity contribution >= 4 is 10.8 Å². The summed E-state index contributed by atoms with van der Waals surface area (Å²) in [4.78, 5) is 0. The van der Waals surface area contributed by atoms with Crippen LogP contribution in [0.5, 0.6) is 5.75 Å². The molecule has 1 atom stereocenters. The smallest absolute Gasteiger partial charge is 0.424 e. The molecule has 26 heavy (non-hydrogen) atoms. The van der Waals surface area contributed by atoms with Crippen LogP contribution in [0.1, 0.15) is 16.7 Å². The van der Waals surface area contributed by atoms with Gasteiger partial charge in [0, 0.05) is 0 Å². The van der Waals surface area contributed by atoms with E-state index in [2.05, 4.69) is 0 Å². The summed E-state index contributed by atoms with van der Waals surface area (Å²) in [5, 5.41) is 11.9. The van der Waals surface area contributed by atoms with Crippen molar-refractivity contribution in [2.75, 3.05) is 6.61 Å². The first-order valence-electron chi connectivity index (χ1n) is 8.19. The normalized spacial score (nSPS) is 14.2. The molecule has 0 aromatic heterocycles. The Morgan fingerprint density at radius 2 is 1.54 bits per heavy atom. The molecular formula is C21H19F3O2. The van der Waals surface area contributed by atoms with Gasteiger partial charge in [0.15, 0.2) is 0 Å². The molecule has 0 spiro atoms.